The Bertz CT molecular complexity index is 1190. The largest absolute Gasteiger partial charge is 0.369 e. The Kier molecular flexibility index (Phi) is 7.58. The van der Waals surface area contributed by atoms with Crippen LogP contribution in [0.2, 0.25) is 0 Å². The molecule has 4 aliphatic rings. The lowest BCUT2D eigenvalue weighted by Gasteiger charge is -2.51. The van der Waals surface area contributed by atoms with Gasteiger partial charge in [0.1, 0.15) is 5.82 Å². The van der Waals surface area contributed by atoms with E-state index in [1.807, 2.05) is 53.3 Å². The maximum absolute atomic E-state index is 13.3. The zero-order valence-electron chi connectivity index (χ0n) is 21.7. The normalized spacial score (nSPS) is 25.3. The number of thiocarbonyl (C=S) groups is 1. The van der Waals surface area contributed by atoms with Crippen molar-refractivity contribution in [2.75, 3.05) is 62.6 Å². The number of rotatable bonds is 7. The summed E-state index contributed by atoms with van der Waals surface area (Å²) in [7, 11) is 0. The van der Waals surface area contributed by atoms with E-state index in [9.17, 15) is 4.39 Å². The molecule has 2 bridgehead atoms. The van der Waals surface area contributed by atoms with Crippen molar-refractivity contribution in [2.45, 2.75) is 18.9 Å². The third-order valence-corrected chi connectivity index (χ3v) is 8.71. The highest BCUT2D eigenvalue weighted by Crippen LogP contribution is 2.36. The fourth-order valence-corrected chi connectivity index (χ4v) is 6.55. The lowest BCUT2D eigenvalue weighted by atomic mass is 9.75. The highest BCUT2D eigenvalue weighted by Gasteiger charge is 2.40. The molecule has 7 nitrogen and oxygen atoms in total. The molecule has 2 aromatic carbocycles. The van der Waals surface area contributed by atoms with Crippen LogP contribution in [0.15, 0.2) is 67.0 Å². The predicted molar refractivity (Wildman–Crippen MR) is 154 cm³/mol. The van der Waals surface area contributed by atoms with E-state index in [0.717, 1.165) is 61.6 Å². The van der Waals surface area contributed by atoms with Crippen molar-refractivity contribution in [3.63, 3.8) is 0 Å². The van der Waals surface area contributed by atoms with Crippen molar-refractivity contribution in [1.29, 1.82) is 0 Å². The summed E-state index contributed by atoms with van der Waals surface area (Å²) in [6.45, 7) is 8.63. The Morgan fingerprint density at radius 3 is 2.42 bits per heavy atom. The molecule has 4 aliphatic heterocycles. The molecule has 4 atom stereocenters. The average molecular weight is 534 g/mol. The fraction of sp³-hybridized carbons (Fsp3) is 0.448. The van der Waals surface area contributed by atoms with Gasteiger partial charge in [0.2, 0.25) is 0 Å². The van der Waals surface area contributed by atoms with Gasteiger partial charge in [-0.05, 0) is 98.0 Å². The zero-order valence-corrected chi connectivity index (χ0v) is 22.5. The number of nitrogens with one attached hydrogen (secondary N) is 2. The minimum atomic E-state index is -0.169. The Hall–Kier alpha value is -3.01. The number of halogens is 1. The number of anilines is 2. The molecular formula is C29H36FN7S. The number of piperazine rings is 1. The number of nitrogens with zero attached hydrogens (tertiary/aromatic N) is 5. The molecule has 0 amide bonds. The molecule has 1 unspecified atom stereocenters. The van der Waals surface area contributed by atoms with Crippen LogP contribution in [0.3, 0.4) is 0 Å². The van der Waals surface area contributed by atoms with E-state index >= 15 is 0 Å². The zero-order chi connectivity index (χ0) is 25.9. The maximum Gasteiger partial charge on any atom is 0.170 e. The lowest BCUT2D eigenvalue weighted by Crippen LogP contribution is -2.59. The standard InChI is InChI=1S/C29H36FN7S/c30-24-2-6-26(7-3-24)35-16-14-34(15-17-35)20-23-21-36-13-10-22(23)18-28(36)19-31-29(38)33-25-4-8-27(9-5-25)37-12-1-11-32-37/h1-9,11-12,22-23,28H,10,13-21H2,(H2,31,33,38)/t22-,23-,28+/m0/s1. The van der Waals surface area contributed by atoms with Gasteiger partial charge in [-0.25, -0.2) is 9.07 Å². The van der Waals surface area contributed by atoms with Crippen LogP contribution in [0, 0.1) is 17.7 Å². The Morgan fingerprint density at radius 2 is 1.74 bits per heavy atom. The second kappa shape index (κ2) is 11.4. The van der Waals surface area contributed by atoms with Gasteiger partial charge in [-0.15, -0.1) is 0 Å². The van der Waals surface area contributed by atoms with Crippen LogP contribution in [0.4, 0.5) is 15.8 Å². The summed E-state index contributed by atoms with van der Waals surface area (Å²) in [5, 5.41) is 11.7. The highest BCUT2D eigenvalue weighted by molar-refractivity contribution is 7.80. The van der Waals surface area contributed by atoms with Gasteiger partial charge in [-0.1, -0.05) is 0 Å². The molecular weight excluding hydrogens is 497 g/mol. The van der Waals surface area contributed by atoms with Gasteiger partial charge >= 0.3 is 0 Å². The van der Waals surface area contributed by atoms with E-state index in [1.54, 1.807) is 18.3 Å². The first-order chi connectivity index (χ1) is 18.6. The summed E-state index contributed by atoms with van der Waals surface area (Å²) < 4.78 is 15.1. The van der Waals surface area contributed by atoms with E-state index in [0.29, 0.717) is 11.2 Å². The van der Waals surface area contributed by atoms with Gasteiger partial charge < -0.3 is 15.5 Å². The third kappa shape index (κ3) is 5.85. The lowest BCUT2D eigenvalue weighted by molar-refractivity contribution is -0.0110. The number of piperidine rings is 3. The van der Waals surface area contributed by atoms with E-state index < -0.39 is 0 Å². The molecule has 1 aromatic heterocycles. The second-order valence-electron chi connectivity index (χ2n) is 10.8. The minimum Gasteiger partial charge on any atom is -0.369 e. The minimum absolute atomic E-state index is 0.169. The van der Waals surface area contributed by atoms with Crippen LogP contribution in [0.5, 0.6) is 0 Å². The topological polar surface area (TPSA) is 51.6 Å². The quantitative estimate of drug-likeness (QED) is 0.448. The number of hydrogen-bond acceptors (Lipinski definition) is 5. The molecule has 5 heterocycles. The molecule has 0 aliphatic carbocycles. The monoisotopic (exact) mass is 533 g/mol. The van der Waals surface area contributed by atoms with Crippen LogP contribution in [0.25, 0.3) is 5.69 Å². The van der Waals surface area contributed by atoms with Crippen molar-refractivity contribution in [2.24, 2.45) is 11.8 Å². The predicted octanol–water partition coefficient (Wildman–Crippen LogP) is 3.83. The van der Waals surface area contributed by atoms with Crippen molar-refractivity contribution in [1.82, 2.24) is 24.9 Å². The smallest absolute Gasteiger partial charge is 0.170 e. The summed E-state index contributed by atoms with van der Waals surface area (Å²) in [6.07, 6.45) is 6.26. The Labute approximate surface area is 229 Å². The number of fused-ring (bicyclic) bond motifs is 3. The van der Waals surface area contributed by atoms with E-state index in [2.05, 4.69) is 30.4 Å². The van der Waals surface area contributed by atoms with E-state index in [1.165, 1.54) is 32.5 Å². The van der Waals surface area contributed by atoms with Crippen LogP contribution < -0.4 is 15.5 Å². The van der Waals surface area contributed by atoms with Gasteiger partial charge in [-0.2, -0.15) is 5.10 Å². The van der Waals surface area contributed by atoms with Gasteiger partial charge in [-0.3, -0.25) is 9.80 Å². The van der Waals surface area contributed by atoms with Crippen LogP contribution in [-0.2, 0) is 0 Å². The summed E-state index contributed by atoms with van der Waals surface area (Å²) >= 11 is 5.60. The van der Waals surface area contributed by atoms with Crippen molar-refractivity contribution in [3.8, 4) is 5.69 Å². The summed E-state index contributed by atoms with van der Waals surface area (Å²) in [5.41, 5.74) is 3.13. The van der Waals surface area contributed by atoms with Crippen molar-refractivity contribution in [3.05, 3.63) is 72.8 Å². The molecule has 0 saturated carbocycles. The Morgan fingerprint density at radius 1 is 0.974 bits per heavy atom. The number of hydrogen-bond donors (Lipinski definition) is 2. The molecule has 0 spiro atoms. The molecule has 2 N–H and O–H groups in total. The molecule has 3 aromatic rings. The number of aromatic nitrogens is 2. The van der Waals surface area contributed by atoms with Gasteiger partial charge in [0.25, 0.3) is 0 Å². The second-order valence-corrected chi connectivity index (χ2v) is 11.2. The number of benzene rings is 2. The van der Waals surface area contributed by atoms with Gasteiger partial charge in [0.05, 0.1) is 5.69 Å². The average Bonchev–Trinajstić information content (AvgIpc) is 3.49. The SMILES string of the molecule is Fc1ccc(N2CCN(C[C@H]3CN4CC[C@H]3C[C@@H]4CNC(=S)Nc3ccc(-n4cccn4)cc3)CC2)cc1. The first kappa shape index (κ1) is 25.3. The van der Waals surface area contributed by atoms with Crippen molar-refractivity contribution < 1.29 is 4.39 Å². The third-order valence-electron chi connectivity index (χ3n) is 8.46. The van der Waals surface area contributed by atoms with E-state index in [-0.39, 0.29) is 5.82 Å². The van der Waals surface area contributed by atoms with Crippen molar-refractivity contribution >= 4 is 28.7 Å². The highest BCUT2D eigenvalue weighted by atomic mass is 32.1. The molecule has 38 heavy (non-hydrogen) atoms. The maximum atomic E-state index is 13.3. The van der Waals surface area contributed by atoms with Gasteiger partial charge in [0.15, 0.2) is 5.11 Å². The van der Waals surface area contributed by atoms with Crippen LogP contribution in [0.1, 0.15) is 12.8 Å². The molecule has 7 rings (SSSR count). The summed E-state index contributed by atoms with van der Waals surface area (Å²) in [5.74, 6) is 1.37. The molecule has 4 saturated heterocycles. The van der Waals surface area contributed by atoms with Crippen LogP contribution >= 0.6 is 12.2 Å². The fourth-order valence-electron chi connectivity index (χ4n) is 6.35. The first-order valence-corrected chi connectivity index (χ1v) is 14.1. The molecule has 9 heteroatoms. The first-order valence-electron chi connectivity index (χ1n) is 13.7. The molecule has 0 radical (unpaired) electrons. The molecule has 4 fully saturated rings. The van der Waals surface area contributed by atoms with E-state index in [4.69, 9.17) is 12.2 Å². The molecule has 200 valence electrons. The van der Waals surface area contributed by atoms with Gasteiger partial charge in [0, 0.05) is 75.6 Å². The summed E-state index contributed by atoms with van der Waals surface area (Å²) in [4.78, 5) is 7.68. The Balaban J connectivity index is 0.936. The van der Waals surface area contributed by atoms with Crippen LogP contribution in [-0.4, -0.2) is 83.1 Å². The summed E-state index contributed by atoms with van der Waals surface area (Å²) in [6, 6.07) is 17.5.